The van der Waals surface area contributed by atoms with E-state index < -0.39 is 11.8 Å². The molecule has 21 heavy (non-hydrogen) atoms. The third-order valence-electron chi connectivity index (χ3n) is 2.86. The van der Waals surface area contributed by atoms with Crippen molar-refractivity contribution in [1.29, 1.82) is 0 Å². The summed E-state index contributed by atoms with van der Waals surface area (Å²) < 4.78 is 10.8. The maximum Gasteiger partial charge on any atom is 0.377 e. The summed E-state index contributed by atoms with van der Waals surface area (Å²) in [5.41, 5.74) is 1.00. The fraction of sp³-hybridized carbons (Fsp3) is 0.125. The van der Waals surface area contributed by atoms with Crippen LogP contribution in [0, 0.1) is 0 Å². The fourth-order valence-corrected chi connectivity index (χ4v) is 1.79. The Kier molecular flexibility index (Phi) is 4.56. The Bertz CT molecular complexity index is 649. The van der Waals surface area contributed by atoms with Gasteiger partial charge >= 0.3 is 5.97 Å². The van der Waals surface area contributed by atoms with Crippen LogP contribution in [0.5, 0.6) is 11.5 Å². The second-order valence-electron chi connectivity index (χ2n) is 4.27. The van der Waals surface area contributed by atoms with Gasteiger partial charge in [0, 0.05) is 5.56 Å². The highest BCUT2D eigenvalue weighted by Crippen LogP contribution is 2.29. The molecule has 0 amide bonds. The van der Waals surface area contributed by atoms with Crippen molar-refractivity contribution < 1.29 is 24.2 Å². The summed E-state index contributed by atoms with van der Waals surface area (Å²) in [5.74, 6) is -1.72. The van der Waals surface area contributed by atoms with E-state index in [4.69, 9.17) is 14.6 Å². The molecule has 0 spiro atoms. The van der Waals surface area contributed by atoms with Crippen LogP contribution in [0.3, 0.4) is 0 Å². The zero-order chi connectivity index (χ0) is 15.2. The highest BCUT2D eigenvalue weighted by atomic mass is 16.5. The van der Waals surface area contributed by atoms with E-state index in [9.17, 15) is 9.59 Å². The number of carbonyl (C=O) groups excluding carboxylic acids is 1. The smallest absolute Gasteiger partial charge is 0.377 e. The number of hydrogen-bond acceptors (Lipinski definition) is 4. The quantitative estimate of drug-likeness (QED) is 0.652. The first kappa shape index (κ1) is 14.6. The van der Waals surface area contributed by atoms with E-state index in [0.29, 0.717) is 18.1 Å². The molecule has 1 N–H and O–H groups in total. The van der Waals surface area contributed by atoms with E-state index >= 15 is 0 Å². The Morgan fingerprint density at radius 2 is 1.76 bits per heavy atom. The molecule has 0 atom stereocenters. The Morgan fingerprint density at radius 3 is 2.38 bits per heavy atom. The Labute approximate surface area is 121 Å². The molecule has 0 saturated heterocycles. The van der Waals surface area contributed by atoms with Crippen LogP contribution in [0.25, 0.3) is 0 Å². The van der Waals surface area contributed by atoms with E-state index in [1.165, 1.54) is 25.3 Å². The average molecular weight is 286 g/mol. The SMILES string of the molecule is COc1ccc(C(=O)C(=O)O)cc1OCc1ccccc1. The van der Waals surface area contributed by atoms with Crippen LogP contribution in [0.2, 0.25) is 0 Å². The number of rotatable bonds is 6. The first-order valence-electron chi connectivity index (χ1n) is 6.24. The van der Waals surface area contributed by atoms with E-state index in [-0.39, 0.29) is 5.56 Å². The average Bonchev–Trinajstić information content (AvgIpc) is 2.52. The van der Waals surface area contributed by atoms with E-state index in [1.807, 2.05) is 30.3 Å². The van der Waals surface area contributed by atoms with Crippen LogP contribution >= 0.6 is 0 Å². The molecule has 5 nitrogen and oxygen atoms in total. The lowest BCUT2D eigenvalue weighted by Gasteiger charge is -2.11. The van der Waals surface area contributed by atoms with Crippen molar-refractivity contribution in [3.8, 4) is 11.5 Å². The molecule has 108 valence electrons. The van der Waals surface area contributed by atoms with Gasteiger partial charge in [0.2, 0.25) is 0 Å². The molecule has 0 saturated carbocycles. The van der Waals surface area contributed by atoms with Crippen LogP contribution in [0.1, 0.15) is 15.9 Å². The second-order valence-corrected chi connectivity index (χ2v) is 4.27. The van der Waals surface area contributed by atoms with Crippen molar-refractivity contribution in [3.05, 3.63) is 59.7 Å². The van der Waals surface area contributed by atoms with E-state index in [0.717, 1.165) is 5.56 Å². The van der Waals surface area contributed by atoms with Gasteiger partial charge in [0.25, 0.3) is 5.78 Å². The van der Waals surface area contributed by atoms with Crippen LogP contribution in [-0.2, 0) is 11.4 Å². The summed E-state index contributed by atoms with van der Waals surface area (Å²) in [5, 5.41) is 8.74. The molecule has 0 fully saturated rings. The molecule has 0 aliphatic carbocycles. The molecule has 0 aromatic heterocycles. The van der Waals surface area contributed by atoms with Gasteiger partial charge in [-0.15, -0.1) is 0 Å². The highest BCUT2D eigenvalue weighted by molar-refractivity contribution is 6.39. The molecule has 2 rings (SSSR count). The molecule has 0 heterocycles. The van der Waals surface area contributed by atoms with Gasteiger partial charge in [-0.05, 0) is 23.8 Å². The molecule has 0 radical (unpaired) electrons. The van der Waals surface area contributed by atoms with Gasteiger partial charge in [-0.25, -0.2) is 4.79 Å². The minimum atomic E-state index is -1.51. The zero-order valence-corrected chi connectivity index (χ0v) is 11.4. The third kappa shape index (κ3) is 3.60. The predicted molar refractivity (Wildman–Crippen MR) is 75.7 cm³/mol. The Morgan fingerprint density at radius 1 is 1.05 bits per heavy atom. The number of aliphatic carboxylic acids is 1. The number of Topliss-reactive ketones (excluding diaryl/α,β-unsaturated/α-hetero) is 1. The maximum atomic E-state index is 11.5. The van der Waals surface area contributed by atoms with Crippen LogP contribution in [0.4, 0.5) is 0 Å². The minimum absolute atomic E-state index is 0.0476. The number of benzene rings is 2. The van der Waals surface area contributed by atoms with E-state index in [2.05, 4.69) is 0 Å². The molecule has 0 unspecified atom stereocenters. The first-order chi connectivity index (χ1) is 10.1. The van der Waals surface area contributed by atoms with Crippen molar-refractivity contribution in [3.63, 3.8) is 0 Å². The Balaban J connectivity index is 2.22. The topological polar surface area (TPSA) is 72.8 Å². The molecular weight excluding hydrogens is 272 g/mol. The van der Waals surface area contributed by atoms with Crippen molar-refractivity contribution in [2.45, 2.75) is 6.61 Å². The van der Waals surface area contributed by atoms with Gasteiger partial charge in [-0.3, -0.25) is 4.79 Å². The lowest BCUT2D eigenvalue weighted by molar-refractivity contribution is -0.131. The van der Waals surface area contributed by atoms with Crippen molar-refractivity contribution >= 4 is 11.8 Å². The Hall–Kier alpha value is -2.82. The van der Waals surface area contributed by atoms with Crippen LogP contribution in [-0.4, -0.2) is 24.0 Å². The number of carbonyl (C=O) groups is 2. The molecule has 2 aromatic carbocycles. The normalized spacial score (nSPS) is 9.95. The molecule has 2 aromatic rings. The standard InChI is InChI=1S/C16H14O5/c1-20-13-8-7-12(15(17)16(18)19)9-14(13)21-10-11-5-3-2-4-6-11/h2-9H,10H2,1H3,(H,18,19). The van der Waals surface area contributed by atoms with Gasteiger partial charge in [0.1, 0.15) is 6.61 Å². The summed E-state index contributed by atoms with van der Waals surface area (Å²) >= 11 is 0. The number of methoxy groups -OCH3 is 1. The molecule has 0 bridgehead atoms. The van der Waals surface area contributed by atoms with Crippen molar-refractivity contribution in [1.82, 2.24) is 0 Å². The fourth-order valence-electron chi connectivity index (χ4n) is 1.79. The number of hydrogen-bond donors (Lipinski definition) is 1. The largest absolute Gasteiger partial charge is 0.493 e. The second kappa shape index (κ2) is 6.56. The first-order valence-corrected chi connectivity index (χ1v) is 6.24. The number of carboxylic acid groups (broad SMARTS) is 1. The van der Waals surface area contributed by atoms with Crippen LogP contribution < -0.4 is 9.47 Å². The summed E-state index contributed by atoms with van der Waals surface area (Å²) in [6.45, 7) is 0.294. The van der Waals surface area contributed by atoms with Gasteiger partial charge in [-0.2, -0.15) is 0 Å². The summed E-state index contributed by atoms with van der Waals surface area (Å²) in [6, 6.07) is 13.8. The van der Waals surface area contributed by atoms with Crippen molar-refractivity contribution in [2.75, 3.05) is 7.11 Å². The van der Waals surface area contributed by atoms with Crippen molar-refractivity contribution in [2.24, 2.45) is 0 Å². The zero-order valence-electron chi connectivity index (χ0n) is 11.4. The van der Waals surface area contributed by atoms with Crippen LogP contribution in [0.15, 0.2) is 48.5 Å². The lowest BCUT2D eigenvalue weighted by Crippen LogP contribution is -2.12. The van der Waals surface area contributed by atoms with E-state index in [1.54, 1.807) is 0 Å². The number of ketones is 1. The minimum Gasteiger partial charge on any atom is -0.493 e. The molecule has 0 aliphatic rings. The number of carboxylic acids is 1. The third-order valence-corrected chi connectivity index (χ3v) is 2.86. The van der Waals surface area contributed by atoms with Gasteiger partial charge in [0.15, 0.2) is 11.5 Å². The monoisotopic (exact) mass is 286 g/mol. The summed E-state index contributed by atoms with van der Waals surface area (Å²) in [6.07, 6.45) is 0. The summed E-state index contributed by atoms with van der Waals surface area (Å²) in [4.78, 5) is 22.2. The highest BCUT2D eigenvalue weighted by Gasteiger charge is 2.17. The van der Waals surface area contributed by atoms with Gasteiger partial charge in [0.05, 0.1) is 7.11 Å². The molecular formula is C16H14O5. The predicted octanol–water partition coefficient (Wildman–Crippen LogP) is 2.54. The maximum absolute atomic E-state index is 11.5. The lowest BCUT2D eigenvalue weighted by atomic mass is 10.1. The van der Waals surface area contributed by atoms with Gasteiger partial charge in [-0.1, -0.05) is 30.3 Å². The molecule has 0 aliphatic heterocycles. The molecule has 5 heteroatoms. The number of ether oxygens (including phenoxy) is 2. The van der Waals surface area contributed by atoms with Gasteiger partial charge < -0.3 is 14.6 Å². The summed E-state index contributed by atoms with van der Waals surface area (Å²) in [7, 11) is 1.48.